The largest absolute Gasteiger partial charge is 0.475 e. The molecular formula is C51H64N8O8. The van der Waals surface area contributed by atoms with E-state index in [4.69, 9.17) is 18.9 Å². The highest BCUT2D eigenvalue weighted by Gasteiger charge is 2.45. The molecule has 2 fully saturated rings. The van der Waals surface area contributed by atoms with Gasteiger partial charge < -0.3 is 50.1 Å². The van der Waals surface area contributed by atoms with Gasteiger partial charge in [-0.2, -0.15) is 0 Å². The SMILES string of the molecule is CNC(C)C(=O)NC(C(=O)N1C[C@@H](NC(=O)COCCOCCOCCOc2ccc(-c3ccc4c(c3)[nH]c3ccncc34)cn2)C[C@H]1C(=O)N[C@@H]1CCCc2ccccc21)C1CCCCC1. The summed E-state index contributed by atoms with van der Waals surface area (Å²) in [6.45, 7) is 3.57. The molecule has 8 rings (SSSR count). The maximum absolute atomic E-state index is 14.6. The number of amides is 4. The molecule has 0 bridgehead atoms. The summed E-state index contributed by atoms with van der Waals surface area (Å²) in [6, 6.07) is 17.5. The predicted molar refractivity (Wildman–Crippen MR) is 254 cm³/mol. The fourth-order valence-corrected chi connectivity index (χ4v) is 9.68. The van der Waals surface area contributed by atoms with Crippen LogP contribution in [0.1, 0.15) is 75.5 Å². The summed E-state index contributed by atoms with van der Waals surface area (Å²) >= 11 is 0. The number of aromatic amines is 1. The number of hydrogen-bond donors (Lipinski definition) is 5. The van der Waals surface area contributed by atoms with Gasteiger partial charge in [0.05, 0.1) is 45.1 Å². The van der Waals surface area contributed by atoms with Crippen molar-refractivity contribution in [1.29, 1.82) is 0 Å². The number of carbonyl (C=O) groups is 4. The molecule has 1 saturated heterocycles. The minimum absolute atomic E-state index is 0.0429. The monoisotopic (exact) mass is 916 g/mol. The molecular weight excluding hydrogens is 853 g/mol. The summed E-state index contributed by atoms with van der Waals surface area (Å²) in [5.41, 5.74) is 6.44. The third kappa shape index (κ3) is 12.2. The minimum atomic E-state index is -0.819. The van der Waals surface area contributed by atoms with E-state index in [1.807, 2.05) is 36.5 Å². The Bertz CT molecular complexity index is 2460. The van der Waals surface area contributed by atoms with Crippen LogP contribution in [0.4, 0.5) is 0 Å². The van der Waals surface area contributed by atoms with Gasteiger partial charge in [-0.1, -0.05) is 55.7 Å². The lowest BCUT2D eigenvalue weighted by Crippen LogP contribution is -2.58. The smallest absolute Gasteiger partial charge is 0.246 e. The number of pyridine rings is 2. The predicted octanol–water partition coefficient (Wildman–Crippen LogP) is 5.16. The number of nitrogens with one attached hydrogen (secondary N) is 5. The summed E-state index contributed by atoms with van der Waals surface area (Å²) in [7, 11) is 1.70. The Morgan fingerprint density at radius 2 is 1.58 bits per heavy atom. The number of likely N-dealkylation sites (N-methyl/N-ethyl adjacent to an activating group) is 1. The first-order chi connectivity index (χ1) is 32.7. The first kappa shape index (κ1) is 47.5. The van der Waals surface area contributed by atoms with Gasteiger partial charge in [-0.15, -0.1) is 0 Å². The normalized spacial score (nSPS) is 19.4. The van der Waals surface area contributed by atoms with Crippen LogP contribution in [0.3, 0.4) is 0 Å². The van der Waals surface area contributed by atoms with Gasteiger partial charge in [0.2, 0.25) is 29.5 Å². The molecule has 1 saturated carbocycles. The lowest BCUT2D eigenvalue weighted by molar-refractivity contribution is -0.143. The van der Waals surface area contributed by atoms with Gasteiger partial charge in [0.25, 0.3) is 0 Å². The van der Waals surface area contributed by atoms with Gasteiger partial charge in [-0.05, 0) is 93.3 Å². The van der Waals surface area contributed by atoms with Crippen LogP contribution in [0.25, 0.3) is 32.9 Å². The average molecular weight is 917 g/mol. The Kier molecular flexibility index (Phi) is 16.5. The molecule has 16 heteroatoms. The molecule has 5 aromatic rings. The van der Waals surface area contributed by atoms with E-state index in [0.29, 0.717) is 32.3 Å². The summed E-state index contributed by atoms with van der Waals surface area (Å²) < 4.78 is 22.7. The first-order valence-corrected chi connectivity index (χ1v) is 23.9. The highest BCUT2D eigenvalue weighted by Crippen LogP contribution is 2.33. The number of fused-ring (bicyclic) bond motifs is 4. The second kappa shape index (κ2) is 23.2. The van der Waals surface area contributed by atoms with Crippen LogP contribution in [0.15, 0.2) is 79.3 Å². The van der Waals surface area contributed by atoms with E-state index in [9.17, 15) is 19.2 Å². The van der Waals surface area contributed by atoms with E-state index < -0.39 is 24.2 Å². The number of ether oxygens (including phenoxy) is 4. The van der Waals surface area contributed by atoms with Gasteiger partial charge in [0.1, 0.15) is 25.3 Å². The van der Waals surface area contributed by atoms with Crippen LogP contribution >= 0.6 is 0 Å². The van der Waals surface area contributed by atoms with E-state index in [2.05, 4.69) is 66.6 Å². The van der Waals surface area contributed by atoms with Gasteiger partial charge in [0, 0.05) is 64.6 Å². The Balaban J connectivity index is 0.753. The number of benzene rings is 2. The second-order valence-electron chi connectivity index (χ2n) is 17.9. The molecule has 1 aliphatic heterocycles. The molecule has 4 amide bonds. The number of aromatic nitrogens is 3. The Labute approximate surface area is 391 Å². The molecule has 16 nitrogen and oxygen atoms in total. The lowest BCUT2D eigenvalue weighted by Gasteiger charge is -2.35. The standard InChI is InChI=1S/C51H64N8O8/c1-33(52-2)49(61)58-48(35-10-4-3-5-11-35)51(63)59-31-38(28-45(59)50(62)57-42-14-8-12-34-9-6-7-13-39(34)42)55-46(60)32-66-24-23-64-21-22-65-25-26-67-47-18-16-37(29-54-47)36-15-17-40-41-30-53-20-19-43(41)56-44(40)27-36/h6-7,9,13,15-20,27,29-30,33,35,38,42,45,48,52,56H,3-5,8,10-12,14,21-26,28,31-32H2,1-2H3,(H,55,60)(H,57,62)(H,58,61)/t33?,38-,42+,45-,48?/m0/s1. The van der Waals surface area contributed by atoms with E-state index >= 15 is 0 Å². The molecule has 3 aliphatic rings. The van der Waals surface area contributed by atoms with Crippen LogP contribution in [-0.4, -0.2) is 127 Å². The van der Waals surface area contributed by atoms with Gasteiger partial charge in [-0.3, -0.25) is 24.2 Å². The molecule has 2 aliphatic carbocycles. The zero-order valence-electron chi connectivity index (χ0n) is 38.6. The molecule has 2 aromatic carbocycles. The van der Waals surface area contributed by atoms with Crippen molar-refractivity contribution in [2.75, 3.05) is 59.8 Å². The highest BCUT2D eigenvalue weighted by molar-refractivity contribution is 6.07. The zero-order valence-corrected chi connectivity index (χ0v) is 38.6. The Hall–Kier alpha value is -5.94. The van der Waals surface area contributed by atoms with Gasteiger partial charge >= 0.3 is 0 Å². The number of carbonyl (C=O) groups excluding carboxylic acids is 4. The lowest BCUT2D eigenvalue weighted by atomic mass is 9.83. The van der Waals surface area contributed by atoms with Crippen molar-refractivity contribution in [2.45, 2.75) is 94.9 Å². The molecule has 356 valence electrons. The summed E-state index contributed by atoms with van der Waals surface area (Å²) in [5, 5.41) is 14.5. The molecule has 0 radical (unpaired) electrons. The molecule has 4 heterocycles. The van der Waals surface area contributed by atoms with Gasteiger partial charge in [0.15, 0.2) is 0 Å². The quantitative estimate of drug-likeness (QED) is 0.0610. The number of likely N-dealkylation sites (tertiary alicyclic amines) is 1. The number of H-pyrrole nitrogens is 1. The number of nitrogens with zero attached hydrogens (tertiary/aromatic N) is 3. The summed E-state index contributed by atoms with van der Waals surface area (Å²) in [5.74, 6) is -0.689. The molecule has 2 unspecified atom stereocenters. The molecule has 5 atom stereocenters. The van der Waals surface area contributed by atoms with Crippen LogP contribution in [0, 0.1) is 5.92 Å². The van der Waals surface area contributed by atoms with Crippen LogP contribution in [0.2, 0.25) is 0 Å². The highest BCUT2D eigenvalue weighted by atomic mass is 16.6. The topological polar surface area (TPSA) is 198 Å². The van der Waals surface area contributed by atoms with Crippen LogP contribution < -0.4 is 26.0 Å². The number of rotatable bonds is 21. The maximum atomic E-state index is 14.6. The van der Waals surface area contributed by atoms with Crippen molar-refractivity contribution in [3.8, 4) is 17.0 Å². The fraction of sp³-hybridized carbons (Fsp3) is 0.490. The number of hydrogen-bond acceptors (Lipinski definition) is 11. The van der Waals surface area contributed by atoms with Crippen molar-refractivity contribution in [3.05, 3.63) is 90.4 Å². The molecule has 3 aromatic heterocycles. The van der Waals surface area contributed by atoms with Crippen LogP contribution in [-0.2, 0) is 39.8 Å². The number of aryl methyl sites for hydroxylation is 1. The van der Waals surface area contributed by atoms with Gasteiger partial charge in [-0.25, -0.2) is 4.98 Å². The zero-order chi connectivity index (χ0) is 46.5. The van der Waals surface area contributed by atoms with Crippen LogP contribution in [0.5, 0.6) is 5.88 Å². The summed E-state index contributed by atoms with van der Waals surface area (Å²) in [4.78, 5) is 68.9. The van der Waals surface area contributed by atoms with Crippen molar-refractivity contribution in [2.24, 2.45) is 5.92 Å². The molecule has 67 heavy (non-hydrogen) atoms. The van der Waals surface area contributed by atoms with E-state index in [1.54, 1.807) is 31.3 Å². The third-order valence-corrected chi connectivity index (χ3v) is 13.4. The maximum Gasteiger partial charge on any atom is 0.246 e. The third-order valence-electron chi connectivity index (χ3n) is 13.4. The van der Waals surface area contributed by atoms with Crippen molar-refractivity contribution < 1.29 is 38.1 Å². The summed E-state index contributed by atoms with van der Waals surface area (Å²) in [6.07, 6.45) is 13.1. The van der Waals surface area contributed by atoms with Crippen molar-refractivity contribution in [3.63, 3.8) is 0 Å². The Morgan fingerprint density at radius 3 is 2.37 bits per heavy atom. The van der Waals surface area contributed by atoms with E-state index in [1.165, 1.54) is 5.56 Å². The molecule has 5 N–H and O–H groups in total. The fourth-order valence-electron chi connectivity index (χ4n) is 9.68. The average Bonchev–Trinajstić information content (AvgIpc) is 3.96. The first-order valence-electron chi connectivity index (χ1n) is 23.9. The van der Waals surface area contributed by atoms with Crippen molar-refractivity contribution >= 4 is 45.4 Å². The minimum Gasteiger partial charge on any atom is -0.475 e. The van der Waals surface area contributed by atoms with E-state index in [-0.39, 0.29) is 68.4 Å². The van der Waals surface area contributed by atoms with Crippen molar-refractivity contribution in [1.82, 2.24) is 41.1 Å². The Morgan fingerprint density at radius 1 is 0.806 bits per heavy atom. The molecule has 0 spiro atoms. The van der Waals surface area contributed by atoms with E-state index in [0.717, 1.165) is 89.9 Å². The second-order valence-corrected chi connectivity index (χ2v) is 17.9.